The third-order valence-electron chi connectivity index (χ3n) is 2.17. The molecule has 0 aliphatic carbocycles. The lowest BCUT2D eigenvalue weighted by atomic mass is 10.2. The number of ether oxygens (including phenoxy) is 2. The van der Waals surface area contributed by atoms with Gasteiger partial charge in [-0.3, -0.25) is 0 Å². The summed E-state index contributed by atoms with van der Waals surface area (Å²) in [6, 6.07) is 2.60. The summed E-state index contributed by atoms with van der Waals surface area (Å²) in [6.07, 6.45) is 1.06. The number of sulfone groups is 1. The van der Waals surface area contributed by atoms with E-state index in [4.69, 9.17) is 26.2 Å². The zero-order chi connectivity index (χ0) is 14.6. The highest BCUT2D eigenvalue weighted by atomic mass is 35.5. The van der Waals surface area contributed by atoms with Gasteiger partial charge < -0.3 is 14.6 Å². The Morgan fingerprint density at radius 3 is 2.53 bits per heavy atom. The predicted molar refractivity (Wildman–Crippen MR) is 70.2 cm³/mol. The standard InChI is InChI=1S/C11H13ClO6S/c1-17-9-6-7(12)5-8(11(13)14)10(9)18-3-4-19(2,15)16/h5-6H,3-4H2,1-2H3,(H,13,14). The number of halogens is 1. The lowest BCUT2D eigenvalue weighted by molar-refractivity contribution is 0.0691. The zero-order valence-electron chi connectivity index (χ0n) is 10.3. The van der Waals surface area contributed by atoms with Crippen molar-refractivity contribution in [2.24, 2.45) is 0 Å². The predicted octanol–water partition coefficient (Wildman–Crippen LogP) is 1.47. The smallest absolute Gasteiger partial charge is 0.339 e. The van der Waals surface area contributed by atoms with Crippen molar-refractivity contribution in [3.63, 3.8) is 0 Å². The summed E-state index contributed by atoms with van der Waals surface area (Å²) in [6.45, 7) is -0.170. The number of aromatic carboxylic acids is 1. The highest BCUT2D eigenvalue weighted by Gasteiger charge is 2.18. The van der Waals surface area contributed by atoms with Crippen molar-refractivity contribution in [3.05, 3.63) is 22.7 Å². The molecule has 106 valence electrons. The molecule has 0 saturated carbocycles. The molecule has 19 heavy (non-hydrogen) atoms. The van der Waals surface area contributed by atoms with E-state index in [1.807, 2.05) is 0 Å². The third kappa shape index (κ3) is 4.60. The topological polar surface area (TPSA) is 89.9 Å². The lowest BCUT2D eigenvalue weighted by Crippen LogP contribution is -2.14. The number of carboxylic acids is 1. The number of benzene rings is 1. The third-order valence-corrected chi connectivity index (χ3v) is 3.30. The lowest BCUT2D eigenvalue weighted by Gasteiger charge is -2.13. The Morgan fingerprint density at radius 2 is 2.05 bits per heavy atom. The van der Waals surface area contributed by atoms with Crippen molar-refractivity contribution in [2.45, 2.75) is 0 Å². The van der Waals surface area contributed by atoms with Crippen LogP contribution in [0.5, 0.6) is 11.5 Å². The van der Waals surface area contributed by atoms with Gasteiger partial charge in [0.05, 0.1) is 12.9 Å². The molecule has 1 N–H and O–H groups in total. The Hall–Kier alpha value is -1.47. The first-order valence-electron chi connectivity index (χ1n) is 5.16. The highest BCUT2D eigenvalue weighted by molar-refractivity contribution is 7.90. The number of hydrogen-bond acceptors (Lipinski definition) is 5. The molecule has 0 aliphatic rings. The second-order valence-electron chi connectivity index (χ2n) is 3.77. The number of hydrogen-bond donors (Lipinski definition) is 1. The van der Waals surface area contributed by atoms with Crippen LogP contribution < -0.4 is 9.47 Å². The summed E-state index contributed by atoms with van der Waals surface area (Å²) < 4.78 is 32.2. The van der Waals surface area contributed by atoms with E-state index in [2.05, 4.69) is 0 Å². The molecular weight excluding hydrogens is 296 g/mol. The van der Waals surface area contributed by atoms with Crippen LogP contribution in [0, 0.1) is 0 Å². The normalized spacial score (nSPS) is 11.1. The van der Waals surface area contributed by atoms with Crippen molar-refractivity contribution in [3.8, 4) is 11.5 Å². The Balaban J connectivity index is 3.06. The molecule has 0 aromatic heterocycles. The quantitative estimate of drug-likeness (QED) is 0.856. The van der Waals surface area contributed by atoms with Crippen LogP contribution in [-0.2, 0) is 9.84 Å². The van der Waals surface area contributed by atoms with Gasteiger partial charge in [-0.25, -0.2) is 13.2 Å². The summed E-state index contributed by atoms with van der Waals surface area (Å²) in [4.78, 5) is 11.1. The van der Waals surface area contributed by atoms with Crippen LogP contribution in [0.2, 0.25) is 5.02 Å². The molecule has 0 spiro atoms. The average molecular weight is 309 g/mol. The van der Waals surface area contributed by atoms with Crippen LogP contribution in [0.25, 0.3) is 0 Å². The first kappa shape index (κ1) is 15.6. The van der Waals surface area contributed by atoms with Crippen LogP contribution in [0.4, 0.5) is 0 Å². The molecule has 0 saturated heterocycles. The van der Waals surface area contributed by atoms with E-state index in [1.54, 1.807) is 0 Å². The Labute approximate surface area is 115 Å². The molecule has 1 rings (SSSR count). The van der Waals surface area contributed by atoms with Gasteiger partial charge in [-0.1, -0.05) is 11.6 Å². The minimum Gasteiger partial charge on any atom is -0.493 e. The van der Waals surface area contributed by atoms with Crippen molar-refractivity contribution >= 4 is 27.4 Å². The Kier molecular flexibility index (Phi) is 5.02. The van der Waals surface area contributed by atoms with E-state index < -0.39 is 15.8 Å². The molecule has 0 radical (unpaired) electrons. The van der Waals surface area contributed by atoms with Crippen LogP contribution in [-0.4, -0.2) is 45.2 Å². The first-order valence-corrected chi connectivity index (χ1v) is 7.60. The number of carboxylic acid groups (broad SMARTS) is 1. The van der Waals surface area contributed by atoms with E-state index in [1.165, 1.54) is 19.2 Å². The van der Waals surface area contributed by atoms with Crippen molar-refractivity contribution in [1.29, 1.82) is 0 Å². The minimum atomic E-state index is -3.19. The fourth-order valence-electron chi connectivity index (χ4n) is 1.32. The van der Waals surface area contributed by atoms with Gasteiger partial charge in [0, 0.05) is 17.3 Å². The highest BCUT2D eigenvalue weighted by Crippen LogP contribution is 2.34. The fourth-order valence-corrected chi connectivity index (χ4v) is 1.92. The summed E-state index contributed by atoms with van der Waals surface area (Å²) in [5.41, 5.74) is -0.183. The largest absolute Gasteiger partial charge is 0.493 e. The SMILES string of the molecule is COc1cc(Cl)cc(C(=O)O)c1OCCS(C)(=O)=O. The molecule has 0 amide bonds. The molecule has 1 aromatic rings. The summed E-state index contributed by atoms with van der Waals surface area (Å²) >= 11 is 5.76. The number of rotatable bonds is 6. The van der Waals surface area contributed by atoms with Crippen LogP contribution in [0.1, 0.15) is 10.4 Å². The molecule has 1 aromatic carbocycles. The zero-order valence-corrected chi connectivity index (χ0v) is 11.9. The van der Waals surface area contributed by atoms with Gasteiger partial charge >= 0.3 is 5.97 Å². The van der Waals surface area contributed by atoms with E-state index in [9.17, 15) is 13.2 Å². The van der Waals surface area contributed by atoms with Crippen LogP contribution in [0.3, 0.4) is 0 Å². The maximum absolute atomic E-state index is 11.1. The van der Waals surface area contributed by atoms with Gasteiger partial charge in [0.25, 0.3) is 0 Å². The molecule has 6 nitrogen and oxygen atoms in total. The van der Waals surface area contributed by atoms with E-state index in [0.717, 1.165) is 6.26 Å². The molecule has 0 fully saturated rings. The second kappa shape index (κ2) is 6.12. The minimum absolute atomic E-state index is 0.0388. The van der Waals surface area contributed by atoms with Gasteiger partial charge in [0.15, 0.2) is 21.3 Å². The van der Waals surface area contributed by atoms with Crippen LogP contribution >= 0.6 is 11.6 Å². The van der Waals surface area contributed by atoms with Gasteiger partial charge in [-0.05, 0) is 6.07 Å². The van der Waals surface area contributed by atoms with Gasteiger partial charge in [0.2, 0.25) is 0 Å². The molecular formula is C11H13ClO6S. The maximum atomic E-state index is 11.1. The Morgan fingerprint density at radius 1 is 1.42 bits per heavy atom. The van der Waals surface area contributed by atoms with Gasteiger partial charge in [-0.15, -0.1) is 0 Å². The fraction of sp³-hybridized carbons (Fsp3) is 0.364. The van der Waals surface area contributed by atoms with Crippen molar-refractivity contribution in [1.82, 2.24) is 0 Å². The number of carbonyl (C=O) groups is 1. The van der Waals surface area contributed by atoms with Crippen LogP contribution in [0.15, 0.2) is 12.1 Å². The van der Waals surface area contributed by atoms with E-state index in [0.29, 0.717) is 0 Å². The molecule has 0 atom stereocenters. The summed E-state index contributed by atoms with van der Waals surface area (Å²) in [7, 11) is -1.86. The summed E-state index contributed by atoms with van der Waals surface area (Å²) in [5.74, 6) is -1.37. The molecule has 0 unspecified atom stereocenters. The second-order valence-corrected chi connectivity index (χ2v) is 6.46. The van der Waals surface area contributed by atoms with E-state index in [-0.39, 0.29) is 34.4 Å². The molecule has 0 heterocycles. The van der Waals surface area contributed by atoms with Gasteiger partial charge in [0.1, 0.15) is 12.2 Å². The van der Waals surface area contributed by atoms with Crippen molar-refractivity contribution < 1.29 is 27.8 Å². The van der Waals surface area contributed by atoms with Crippen molar-refractivity contribution in [2.75, 3.05) is 25.7 Å². The first-order chi connectivity index (χ1) is 8.74. The number of methoxy groups -OCH3 is 1. The van der Waals surface area contributed by atoms with Gasteiger partial charge in [-0.2, -0.15) is 0 Å². The monoisotopic (exact) mass is 308 g/mol. The maximum Gasteiger partial charge on any atom is 0.339 e. The molecule has 0 bridgehead atoms. The molecule has 8 heteroatoms. The Bertz CT molecular complexity index is 581. The van der Waals surface area contributed by atoms with E-state index >= 15 is 0 Å². The molecule has 0 aliphatic heterocycles. The summed E-state index contributed by atoms with van der Waals surface area (Å²) in [5, 5.41) is 9.24. The average Bonchev–Trinajstić information content (AvgIpc) is 2.28.